The molecule has 1 aliphatic rings. The van der Waals surface area contributed by atoms with Gasteiger partial charge in [-0.3, -0.25) is 19.7 Å². The van der Waals surface area contributed by atoms with E-state index in [-0.39, 0.29) is 16.9 Å². The van der Waals surface area contributed by atoms with Gasteiger partial charge in [-0.2, -0.15) is 5.10 Å². The summed E-state index contributed by atoms with van der Waals surface area (Å²) >= 11 is 0. The molecule has 0 spiro atoms. The van der Waals surface area contributed by atoms with Crippen LogP contribution in [0.4, 0.5) is 5.69 Å². The van der Waals surface area contributed by atoms with Crippen molar-refractivity contribution in [1.29, 1.82) is 0 Å². The van der Waals surface area contributed by atoms with Crippen LogP contribution < -0.4 is 5.32 Å². The number of carboxylic acids is 1. The highest BCUT2D eigenvalue weighted by Gasteiger charge is 2.31. The topological polar surface area (TPSA) is 140 Å². The van der Waals surface area contributed by atoms with E-state index in [1.165, 1.54) is 35.5 Å². The molecule has 0 saturated heterocycles. The van der Waals surface area contributed by atoms with Crippen molar-refractivity contribution < 1.29 is 19.6 Å². The summed E-state index contributed by atoms with van der Waals surface area (Å²) in [7, 11) is 0. The number of nitrogens with one attached hydrogen (secondary N) is 1. The minimum absolute atomic E-state index is 0.0963. The lowest BCUT2D eigenvalue weighted by Gasteiger charge is -2.22. The molecule has 1 saturated carbocycles. The fraction of sp³-hybridized carbons (Fsp3) is 0.412. The number of amides is 1. The number of carbonyl (C=O) groups is 2. The molecule has 0 aliphatic heterocycles. The third kappa shape index (κ3) is 4.10. The van der Waals surface area contributed by atoms with Crippen molar-refractivity contribution in [1.82, 2.24) is 20.1 Å². The van der Waals surface area contributed by atoms with Crippen molar-refractivity contribution >= 4 is 17.6 Å². The summed E-state index contributed by atoms with van der Waals surface area (Å²) in [5.41, 5.74) is -0.00493. The molecule has 1 aliphatic carbocycles. The van der Waals surface area contributed by atoms with Crippen LogP contribution in [0.25, 0.3) is 5.69 Å². The first-order valence-corrected chi connectivity index (χ1v) is 8.64. The minimum atomic E-state index is -0.935. The second-order valence-corrected chi connectivity index (χ2v) is 6.46. The normalized spacial score (nSPS) is 19.9. The van der Waals surface area contributed by atoms with E-state index < -0.39 is 28.8 Å². The Morgan fingerprint density at radius 2 is 2.04 bits per heavy atom. The Balaban J connectivity index is 1.85. The molecular weight excluding hydrogens is 354 g/mol. The molecule has 1 amide bonds. The minimum Gasteiger partial charge on any atom is -0.481 e. The third-order valence-corrected chi connectivity index (χ3v) is 4.75. The first-order chi connectivity index (χ1) is 13.0. The molecule has 27 heavy (non-hydrogen) atoms. The summed E-state index contributed by atoms with van der Waals surface area (Å²) in [6, 6.07) is 3.54. The average molecular weight is 373 g/mol. The lowest BCUT2D eigenvalue weighted by atomic mass is 9.94. The van der Waals surface area contributed by atoms with E-state index in [9.17, 15) is 24.8 Å². The van der Waals surface area contributed by atoms with Gasteiger partial charge in [0.1, 0.15) is 18.3 Å². The summed E-state index contributed by atoms with van der Waals surface area (Å²) in [4.78, 5) is 38.7. The number of rotatable bonds is 5. The third-order valence-electron chi connectivity index (χ3n) is 4.75. The Hall–Kier alpha value is -3.30. The molecule has 1 heterocycles. The molecule has 10 heteroatoms. The Morgan fingerprint density at radius 1 is 1.26 bits per heavy atom. The van der Waals surface area contributed by atoms with Gasteiger partial charge in [-0.15, -0.1) is 0 Å². The number of aromatic nitrogens is 3. The second-order valence-electron chi connectivity index (χ2n) is 6.46. The van der Waals surface area contributed by atoms with Gasteiger partial charge in [0.05, 0.1) is 10.8 Å². The number of nitrogens with zero attached hydrogens (tertiary/aromatic N) is 4. The number of hydrogen-bond donors (Lipinski definition) is 2. The van der Waals surface area contributed by atoms with Crippen LogP contribution in [0, 0.1) is 16.0 Å². The van der Waals surface area contributed by atoms with Crippen LogP contribution in [0.2, 0.25) is 0 Å². The molecule has 0 bridgehead atoms. The number of carboxylic acid groups (broad SMARTS) is 1. The highest BCUT2D eigenvalue weighted by atomic mass is 16.6. The molecule has 1 aromatic heterocycles. The summed E-state index contributed by atoms with van der Waals surface area (Å²) in [5, 5.41) is 27.4. The fourth-order valence-corrected chi connectivity index (χ4v) is 3.36. The van der Waals surface area contributed by atoms with Crippen LogP contribution in [0.3, 0.4) is 0 Å². The fourth-order valence-electron chi connectivity index (χ4n) is 3.36. The zero-order valence-corrected chi connectivity index (χ0v) is 14.4. The maximum Gasteiger partial charge on any atom is 0.308 e. The summed E-state index contributed by atoms with van der Waals surface area (Å²) in [5.74, 6) is -2.11. The molecule has 1 fully saturated rings. The van der Waals surface area contributed by atoms with Gasteiger partial charge in [0, 0.05) is 17.7 Å². The van der Waals surface area contributed by atoms with Crippen molar-refractivity contribution in [2.75, 3.05) is 0 Å². The van der Waals surface area contributed by atoms with Gasteiger partial charge in [-0.05, 0) is 25.0 Å². The van der Waals surface area contributed by atoms with Crippen molar-refractivity contribution in [2.24, 2.45) is 5.92 Å². The molecule has 3 rings (SSSR count). The average Bonchev–Trinajstić information content (AvgIpc) is 3.07. The van der Waals surface area contributed by atoms with E-state index in [1.54, 1.807) is 0 Å². The Kier molecular flexibility index (Phi) is 5.43. The first kappa shape index (κ1) is 18.5. The van der Waals surface area contributed by atoms with E-state index in [4.69, 9.17) is 0 Å². The van der Waals surface area contributed by atoms with Crippen molar-refractivity contribution in [3.63, 3.8) is 0 Å². The van der Waals surface area contributed by atoms with Gasteiger partial charge in [0.15, 0.2) is 0 Å². The van der Waals surface area contributed by atoms with Crippen LogP contribution in [-0.2, 0) is 4.79 Å². The zero-order chi connectivity index (χ0) is 19.4. The number of aliphatic carboxylic acids is 1. The van der Waals surface area contributed by atoms with Crippen molar-refractivity contribution in [3.05, 3.63) is 46.5 Å². The number of nitro benzene ring substituents is 1. The van der Waals surface area contributed by atoms with Crippen LogP contribution in [-0.4, -0.2) is 42.7 Å². The van der Waals surface area contributed by atoms with Crippen molar-refractivity contribution in [2.45, 2.75) is 38.1 Å². The zero-order valence-electron chi connectivity index (χ0n) is 14.4. The standard InChI is InChI=1S/C17H19N5O5/c23-16(20-13-5-3-1-2-4-12(13)17(24)25)11-6-7-14(15(8-11)22(26)27)21-10-18-9-19-21/h6-10,12-13H,1-5H2,(H,20,23)(H,24,25)/t12-,13+/m1/s1. The van der Waals surface area contributed by atoms with Crippen LogP contribution in [0.5, 0.6) is 0 Å². The number of carbonyl (C=O) groups excluding carboxylic acids is 1. The number of nitro groups is 1. The summed E-state index contributed by atoms with van der Waals surface area (Å²) < 4.78 is 1.24. The monoisotopic (exact) mass is 373 g/mol. The van der Waals surface area contributed by atoms with E-state index in [2.05, 4.69) is 15.4 Å². The Bertz CT molecular complexity index is 851. The lowest BCUT2D eigenvalue weighted by molar-refractivity contribution is -0.384. The highest BCUT2D eigenvalue weighted by molar-refractivity contribution is 5.95. The highest BCUT2D eigenvalue weighted by Crippen LogP contribution is 2.26. The largest absolute Gasteiger partial charge is 0.481 e. The maximum atomic E-state index is 12.6. The molecule has 10 nitrogen and oxygen atoms in total. The van der Waals surface area contributed by atoms with E-state index in [0.717, 1.165) is 19.3 Å². The van der Waals surface area contributed by atoms with Gasteiger partial charge in [-0.1, -0.05) is 19.3 Å². The number of hydrogen-bond acceptors (Lipinski definition) is 6. The smallest absolute Gasteiger partial charge is 0.308 e. The number of benzene rings is 1. The molecule has 2 atom stereocenters. The van der Waals surface area contributed by atoms with E-state index in [0.29, 0.717) is 12.8 Å². The van der Waals surface area contributed by atoms with Gasteiger partial charge >= 0.3 is 5.97 Å². The van der Waals surface area contributed by atoms with Crippen LogP contribution >= 0.6 is 0 Å². The van der Waals surface area contributed by atoms with Crippen LogP contribution in [0.1, 0.15) is 42.5 Å². The summed E-state index contributed by atoms with van der Waals surface area (Å²) in [6.45, 7) is 0. The molecule has 2 aromatic rings. The van der Waals surface area contributed by atoms with Gasteiger partial charge in [0.25, 0.3) is 11.6 Å². The predicted molar refractivity (Wildman–Crippen MR) is 93.5 cm³/mol. The van der Waals surface area contributed by atoms with Gasteiger partial charge < -0.3 is 10.4 Å². The van der Waals surface area contributed by atoms with Crippen LogP contribution in [0.15, 0.2) is 30.9 Å². The second kappa shape index (κ2) is 7.94. The quantitative estimate of drug-likeness (QED) is 0.463. The Labute approximate surface area is 154 Å². The first-order valence-electron chi connectivity index (χ1n) is 8.64. The van der Waals surface area contributed by atoms with Gasteiger partial charge in [0.2, 0.25) is 0 Å². The SMILES string of the molecule is O=C(N[C@H]1CCCCC[C@H]1C(=O)O)c1ccc(-n2cncn2)c([N+](=O)[O-])c1. The molecule has 2 N–H and O–H groups in total. The molecular formula is C17H19N5O5. The van der Waals surface area contributed by atoms with E-state index in [1.807, 2.05) is 0 Å². The molecule has 0 unspecified atom stereocenters. The molecule has 142 valence electrons. The lowest BCUT2D eigenvalue weighted by Crippen LogP contribution is -2.42. The van der Waals surface area contributed by atoms with E-state index >= 15 is 0 Å². The maximum absolute atomic E-state index is 12.6. The van der Waals surface area contributed by atoms with Gasteiger partial charge in [-0.25, -0.2) is 9.67 Å². The predicted octanol–water partition coefficient (Wildman–Crippen LogP) is 1.94. The molecule has 1 aromatic carbocycles. The summed E-state index contributed by atoms with van der Waals surface area (Å²) in [6.07, 6.45) is 6.22. The van der Waals surface area contributed by atoms with Crippen molar-refractivity contribution in [3.8, 4) is 5.69 Å². The Morgan fingerprint density at radius 3 is 2.70 bits per heavy atom. The molecule has 0 radical (unpaired) electrons.